The van der Waals surface area contributed by atoms with Gasteiger partial charge in [-0.2, -0.15) is 0 Å². The molecule has 2 unspecified atom stereocenters. The molecule has 184 valence electrons. The number of nitrogens with zero attached hydrogens (tertiary/aromatic N) is 2. The normalized spacial score (nSPS) is 20.0. The third-order valence-corrected chi connectivity index (χ3v) is 5.64. The third kappa shape index (κ3) is 5.43. The van der Waals surface area contributed by atoms with E-state index in [4.69, 9.17) is 0 Å². The van der Waals surface area contributed by atoms with Crippen LogP contribution in [0, 0.1) is 0 Å². The molecule has 1 fully saturated rings. The van der Waals surface area contributed by atoms with Gasteiger partial charge in [0, 0.05) is 24.1 Å². The van der Waals surface area contributed by atoms with Crippen LogP contribution < -0.4 is 15.4 Å². The number of halogens is 3. The molecule has 2 aromatic rings. The van der Waals surface area contributed by atoms with Gasteiger partial charge in [-0.05, 0) is 55.3 Å². The average molecular weight is 490 g/mol. The van der Waals surface area contributed by atoms with Gasteiger partial charge in [-0.25, -0.2) is 4.99 Å². The molecule has 0 bridgehead atoms. The summed E-state index contributed by atoms with van der Waals surface area (Å²) in [5.41, 5.74) is 1.71. The van der Waals surface area contributed by atoms with Crippen LogP contribution in [-0.4, -0.2) is 46.0 Å². The predicted molar refractivity (Wildman–Crippen MR) is 116 cm³/mol. The number of alkyl halides is 3. The van der Waals surface area contributed by atoms with Gasteiger partial charge in [0.1, 0.15) is 17.6 Å². The van der Waals surface area contributed by atoms with Gasteiger partial charge in [0.05, 0.1) is 5.69 Å². The molecule has 4 rings (SSSR count). The largest absolute Gasteiger partial charge is 0.573 e. The summed E-state index contributed by atoms with van der Waals surface area (Å²) in [6.45, 7) is 1.73. The zero-order valence-corrected chi connectivity index (χ0v) is 18.4. The van der Waals surface area contributed by atoms with E-state index in [9.17, 15) is 32.7 Å². The maximum atomic E-state index is 12.4. The Labute approximate surface area is 197 Å². The molecule has 0 aromatic heterocycles. The van der Waals surface area contributed by atoms with Crippen molar-refractivity contribution in [3.63, 3.8) is 0 Å². The number of amides is 3. The second-order valence-corrected chi connectivity index (χ2v) is 8.05. The summed E-state index contributed by atoms with van der Waals surface area (Å²) in [5.74, 6) is -1.39. The minimum Gasteiger partial charge on any atom is -0.406 e. The Morgan fingerprint density at radius 3 is 2.60 bits per heavy atom. The number of piperidine rings is 1. The molecule has 2 aliphatic heterocycles. The lowest BCUT2D eigenvalue weighted by Gasteiger charge is -2.40. The zero-order valence-electron chi connectivity index (χ0n) is 18.4. The standard InChI is InChI=1S/C23H21F3N4O5/c1-12-28-17-7-2-13(10-16(17)22(34)30(12)18-8-9-19(31)29-21(18)33)11-27-20(32)14-3-5-15(6-4-14)35-23(24,25)26/h2-7,10,18,22,34H,8-9,11H2,1H3,(H,27,32)(H,29,31,33). The summed E-state index contributed by atoms with van der Waals surface area (Å²) in [6.07, 6.45) is -5.62. The quantitative estimate of drug-likeness (QED) is 0.555. The van der Waals surface area contributed by atoms with E-state index >= 15 is 0 Å². The summed E-state index contributed by atoms with van der Waals surface area (Å²) in [7, 11) is 0. The molecule has 9 nitrogen and oxygen atoms in total. The number of ether oxygens (including phenoxy) is 1. The number of benzene rings is 2. The Kier molecular flexibility index (Phi) is 6.48. The van der Waals surface area contributed by atoms with E-state index in [2.05, 4.69) is 20.4 Å². The number of fused-ring (bicyclic) bond motifs is 1. The first-order chi connectivity index (χ1) is 16.5. The van der Waals surface area contributed by atoms with Gasteiger partial charge >= 0.3 is 6.36 Å². The van der Waals surface area contributed by atoms with Crippen LogP contribution >= 0.6 is 0 Å². The molecule has 3 N–H and O–H groups in total. The molecule has 2 atom stereocenters. The fourth-order valence-corrected chi connectivity index (χ4v) is 4.02. The van der Waals surface area contributed by atoms with E-state index < -0.39 is 36.2 Å². The Morgan fingerprint density at radius 2 is 1.94 bits per heavy atom. The van der Waals surface area contributed by atoms with E-state index in [0.29, 0.717) is 22.6 Å². The molecule has 3 amide bonds. The number of carbonyl (C=O) groups excluding carboxylic acids is 3. The number of imide groups is 1. The van der Waals surface area contributed by atoms with Crippen LogP contribution in [-0.2, 0) is 16.1 Å². The van der Waals surface area contributed by atoms with Crippen LogP contribution in [0.5, 0.6) is 5.75 Å². The molecule has 0 spiro atoms. The lowest BCUT2D eigenvalue weighted by Crippen LogP contribution is -2.55. The summed E-state index contributed by atoms with van der Waals surface area (Å²) in [4.78, 5) is 42.1. The van der Waals surface area contributed by atoms with Crippen molar-refractivity contribution in [3.05, 3.63) is 59.2 Å². The van der Waals surface area contributed by atoms with Crippen LogP contribution in [0.3, 0.4) is 0 Å². The highest BCUT2D eigenvalue weighted by atomic mass is 19.4. The first-order valence-electron chi connectivity index (χ1n) is 10.6. The van der Waals surface area contributed by atoms with Crippen molar-refractivity contribution in [3.8, 4) is 5.75 Å². The van der Waals surface area contributed by atoms with Crippen molar-refractivity contribution in [2.45, 2.75) is 44.9 Å². The number of hydrogen-bond donors (Lipinski definition) is 3. The van der Waals surface area contributed by atoms with Gasteiger partial charge < -0.3 is 20.1 Å². The van der Waals surface area contributed by atoms with Gasteiger partial charge in [-0.3, -0.25) is 19.7 Å². The zero-order chi connectivity index (χ0) is 25.3. The minimum absolute atomic E-state index is 0.0702. The predicted octanol–water partition coefficient (Wildman–Crippen LogP) is 2.68. The van der Waals surface area contributed by atoms with Crippen molar-refractivity contribution in [2.75, 3.05) is 0 Å². The van der Waals surface area contributed by atoms with Gasteiger partial charge in [-0.1, -0.05) is 6.07 Å². The number of aliphatic hydroxyl groups excluding tert-OH is 1. The summed E-state index contributed by atoms with van der Waals surface area (Å²) in [6, 6.07) is 8.79. The molecule has 12 heteroatoms. The van der Waals surface area contributed by atoms with E-state index in [1.54, 1.807) is 25.1 Å². The van der Waals surface area contributed by atoms with Gasteiger partial charge in [0.15, 0.2) is 6.23 Å². The molecule has 2 heterocycles. The van der Waals surface area contributed by atoms with Crippen LogP contribution in [0.2, 0.25) is 0 Å². The fourth-order valence-electron chi connectivity index (χ4n) is 4.02. The molecular weight excluding hydrogens is 469 g/mol. The van der Waals surface area contributed by atoms with Crippen LogP contribution in [0.25, 0.3) is 0 Å². The average Bonchev–Trinajstić information content (AvgIpc) is 2.78. The second kappa shape index (κ2) is 9.37. The summed E-state index contributed by atoms with van der Waals surface area (Å²) in [5, 5.41) is 15.9. The number of carbonyl (C=O) groups is 3. The first-order valence-corrected chi connectivity index (χ1v) is 10.6. The highest BCUT2D eigenvalue weighted by Crippen LogP contribution is 2.36. The van der Waals surface area contributed by atoms with Crippen molar-refractivity contribution in [1.82, 2.24) is 15.5 Å². The van der Waals surface area contributed by atoms with E-state index in [1.807, 2.05) is 0 Å². The SMILES string of the molecule is CC1=Nc2ccc(CNC(=O)c3ccc(OC(F)(F)F)cc3)cc2C(O)N1C1CCC(=O)NC1=O. The molecule has 0 aliphatic carbocycles. The Balaban J connectivity index is 1.45. The minimum atomic E-state index is -4.82. The molecule has 2 aromatic carbocycles. The van der Waals surface area contributed by atoms with Crippen molar-refractivity contribution >= 4 is 29.2 Å². The summed E-state index contributed by atoms with van der Waals surface area (Å²) < 4.78 is 40.6. The lowest BCUT2D eigenvalue weighted by molar-refractivity contribution is -0.274. The maximum Gasteiger partial charge on any atom is 0.573 e. The van der Waals surface area contributed by atoms with Gasteiger partial charge in [0.25, 0.3) is 5.91 Å². The smallest absolute Gasteiger partial charge is 0.406 e. The molecule has 1 saturated heterocycles. The second-order valence-electron chi connectivity index (χ2n) is 8.05. The van der Waals surface area contributed by atoms with E-state index in [-0.39, 0.29) is 30.9 Å². The number of nitrogens with one attached hydrogen (secondary N) is 2. The topological polar surface area (TPSA) is 120 Å². The van der Waals surface area contributed by atoms with E-state index in [1.165, 1.54) is 17.0 Å². The molecule has 2 aliphatic rings. The third-order valence-electron chi connectivity index (χ3n) is 5.64. The number of hydrogen-bond acceptors (Lipinski definition) is 7. The molecule has 0 radical (unpaired) electrons. The van der Waals surface area contributed by atoms with Crippen LogP contribution in [0.4, 0.5) is 18.9 Å². The van der Waals surface area contributed by atoms with E-state index in [0.717, 1.165) is 12.1 Å². The molecular formula is C23H21F3N4O5. The first kappa shape index (κ1) is 24.2. The lowest BCUT2D eigenvalue weighted by atomic mass is 9.99. The van der Waals surface area contributed by atoms with Crippen molar-refractivity contribution < 1.29 is 37.4 Å². The van der Waals surface area contributed by atoms with Crippen molar-refractivity contribution in [2.24, 2.45) is 4.99 Å². The molecule has 35 heavy (non-hydrogen) atoms. The fraction of sp³-hybridized carbons (Fsp3) is 0.304. The Morgan fingerprint density at radius 1 is 1.23 bits per heavy atom. The monoisotopic (exact) mass is 490 g/mol. The summed E-state index contributed by atoms with van der Waals surface area (Å²) >= 11 is 0. The number of amidine groups is 1. The number of aliphatic imine (C=N–C) groups is 1. The number of rotatable bonds is 5. The number of aliphatic hydroxyl groups is 1. The Bertz CT molecular complexity index is 1200. The van der Waals surface area contributed by atoms with Crippen molar-refractivity contribution in [1.29, 1.82) is 0 Å². The van der Waals surface area contributed by atoms with Crippen LogP contribution in [0.1, 0.15) is 47.5 Å². The van der Waals surface area contributed by atoms with Gasteiger partial charge in [0.2, 0.25) is 11.8 Å². The highest BCUT2D eigenvalue weighted by Gasteiger charge is 2.38. The van der Waals surface area contributed by atoms with Gasteiger partial charge in [-0.15, -0.1) is 13.2 Å². The van der Waals surface area contributed by atoms with Crippen LogP contribution in [0.15, 0.2) is 47.5 Å². The molecule has 0 saturated carbocycles. The highest BCUT2D eigenvalue weighted by molar-refractivity contribution is 6.02. The Hall–Kier alpha value is -3.93. The maximum absolute atomic E-state index is 12.4.